The van der Waals surface area contributed by atoms with Gasteiger partial charge in [-0.05, 0) is 37.6 Å². The summed E-state index contributed by atoms with van der Waals surface area (Å²) >= 11 is 0. The number of amides is 1. The summed E-state index contributed by atoms with van der Waals surface area (Å²) in [5.41, 5.74) is 0.687. The summed E-state index contributed by atoms with van der Waals surface area (Å²) in [5.74, 6) is -0.431. The molecule has 0 bridgehead atoms. The first-order chi connectivity index (χ1) is 10.5. The molecule has 1 amide bonds. The van der Waals surface area contributed by atoms with Crippen molar-refractivity contribution in [3.8, 4) is 0 Å². The Morgan fingerprint density at radius 3 is 2.59 bits per heavy atom. The molecule has 0 radical (unpaired) electrons. The van der Waals surface area contributed by atoms with Gasteiger partial charge in [0.25, 0.3) is 0 Å². The Morgan fingerprint density at radius 1 is 1.32 bits per heavy atom. The Hall–Kier alpha value is -1.72. The van der Waals surface area contributed by atoms with Crippen LogP contribution in [0.5, 0.6) is 0 Å². The number of nitrogens with one attached hydrogen (secondary N) is 1. The van der Waals surface area contributed by atoms with Crippen LogP contribution >= 0.6 is 0 Å². The molecule has 0 atom stereocenters. The van der Waals surface area contributed by atoms with Crippen molar-refractivity contribution < 1.29 is 13.9 Å². The molecule has 0 spiro atoms. The quantitative estimate of drug-likeness (QED) is 0.847. The maximum absolute atomic E-state index is 12.8. The van der Waals surface area contributed by atoms with Gasteiger partial charge < -0.3 is 10.1 Å². The van der Waals surface area contributed by atoms with E-state index in [0.29, 0.717) is 6.54 Å². The molecule has 1 aliphatic heterocycles. The number of morpholine rings is 1. The van der Waals surface area contributed by atoms with Gasteiger partial charge in [0.2, 0.25) is 5.91 Å². The van der Waals surface area contributed by atoms with Crippen molar-refractivity contribution >= 4 is 12.0 Å². The number of nitrogens with zero attached hydrogens (tertiary/aromatic N) is 1. The van der Waals surface area contributed by atoms with Gasteiger partial charge in [-0.3, -0.25) is 9.69 Å². The van der Waals surface area contributed by atoms with E-state index < -0.39 is 0 Å². The van der Waals surface area contributed by atoms with Gasteiger partial charge >= 0.3 is 0 Å². The van der Waals surface area contributed by atoms with Gasteiger partial charge in [0.15, 0.2) is 0 Å². The van der Waals surface area contributed by atoms with Crippen LogP contribution in [-0.4, -0.2) is 49.2 Å². The number of ether oxygens (including phenoxy) is 1. The van der Waals surface area contributed by atoms with Crippen LogP contribution in [0.3, 0.4) is 0 Å². The van der Waals surface area contributed by atoms with Crippen LogP contribution in [0.25, 0.3) is 6.08 Å². The molecular weight excluding hydrogens is 283 g/mol. The normalized spacial score (nSPS) is 16.9. The van der Waals surface area contributed by atoms with Crippen LogP contribution in [-0.2, 0) is 9.53 Å². The van der Waals surface area contributed by atoms with Crippen molar-refractivity contribution in [1.29, 1.82) is 0 Å². The number of rotatable bonds is 5. The topological polar surface area (TPSA) is 41.6 Å². The number of halogens is 1. The van der Waals surface area contributed by atoms with Gasteiger partial charge in [-0.1, -0.05) is 12.1 Å². The lowest BCUT2D eigenvalue weighted by molar-refractivity contribution is -0.117. The van der Waals surface area contributed by atoms with Crippen LogP contribution < -0.4 is 5.32 Å². The smallest absolute Gasteiger partial charge is 0.244 e. The summed E-state index contributed by atoms with van der Waals surface area (Å²) in [4.78, 5) is 14.2. The largest absolute Gasteiger partial charge is 0.379 e. The molecule has 1 N–H and O–H groups in total. The van der Waals surface area contributed by atoms with E-state index in [4.69, 9.17) is 4.74 Å². The lowest BCUT2D eigenvalue weighted by Gasteiger charge is -2.40. The molecule has 4 nitrogen and oxygen atoms in total. The summed E-state index contributed by atoms with van der Waals surface area (Å²) in [7, 11) is 0. The van der Waals surface area contributed by atoms with Crippen LogP contribution in [0.4, 0.5) is 4.39 Å². The molecule has 1 fully saturated rings. The highest BCUT2D eigenvalue weighted by molar-refractivity contribution is 5.91. The van der Waals surface area contributed by atoms with E-state index in [1.165, 1.54) is 18.2 Å². The van der Waals surface area contributed by atoms with E-state index >= 15 is 0 Å². The lowest BCUT2D eigenvalue weighted by atomic mass is 10.0. The molecule has 1 aromatic rings. The third kappa shape index (κ3) is 4.93. The number of hydrogen-bond acceptors (Lipinski definition) is 3. The molecular formula is C17H23FN2O2. The molecule has 0 saturated carbocycles. The molecule has 120 valence electrons. The minimum absolute atomic E-state index is 0.108. The molecule has 0 aliphatic carbocycles. The Balaban J connectivity index is 1.82. The molecule has 2 rings (SSSR count). The first-order valence-corrected chi connectivity index (χ1v) is 7.52. The predicted octanol–water partition coefficient (Wildman–Crippen LogP) is 2.07. The van der Waals surface area contributed by atoms with Crippen molar-refractivity contribution in [3.05, 3.63) is 41.7 Å². The molecule has 0 aromatic heterocycles. The fraction of sp³-hybridized carbons (Fsp3) is 0.471. The van der Waals surface area contributed by atoms with Gasteiger partial charge in [0, 0.05) is 31.2 Å². The summed E-state index contributed by atoms with van der Waals surface area (Å²) < 4.78 is 18.1. The van der Waals surface area contributed by atoms with Crippen molar-refractivity contribution in [2.45, 2.75) is 19.4 Å². The fourth-order valence-electron chi connectivity index (χ4n) is 2.39. The highest BCUT2D eigenvalue weighted by atomic mass is 19.1. The second-order valence-corrected chi connectivity index (χ2v) is 6.01. The molecule has 1 saturated heterocycles. The third-order valence-electron chi connectivity index (χ3n) is 3.86. The van der Waals surface area contributed by atoms with Gasteiger partial charge in [-0.15, -0.1) is 0 Å². The fourth-order valence-corrected chi connectivity index (χ4v) is 2.39. The van der Waals surface area contributed by atoms with E-state index in [-0.39, 0.29) is 17.3 Å². The maximum atomic E-state index is 12.8. The first-order valence-electron chi connectivity index (χ1n) is 7.52. The molecule has 1 aromatic carbocycles. The van der Waals surface area contributed by atoms with Crippen LogP contribution in [0, 0.1) is 5.82 Å². The summed E-state index contributed by atoms with van der Waals surface area (Å²) in [6, 6.07) is 6.02. The zero-order chi connectivity index (χ0) is 16.0. The third-order valence-corrected chi connectivity index (χ3v) is 3.86. The van der Waals surface area contributed by atoms with E-state index in [1.54, 1.807) is 18.2 Å². The molecule has 5 heteroatoms. The number of benzene rings is 1. The van der Waals surface area contributed by atoms with Crippen LogP contribution in [0.15, 0.2) is 30.3 Å². The first kappa shape index (κ1) is 16.6. The number of carbonyl (C=O) groups excluding carboxylic acids is 1. The van der Waals surface area contributed by atoms with Crippen molar-refractivity contribution in [1.82, 2.24) is 10.2 Å². The Morgan fingerprint density at radius 2 is 1.95 bits per heavy atom. The summed E-state index contributed by atoms with van der Waals surface area (Å²) in [5, 5.41) is 2.92. The average molecular weight is 306 g/mol. The van der Waals surface area contributed by atoms with Crippen molar-refractivity contribution in [2.24, 2.45) is 0 Å². The van der Waals surface area contributed by atoms with E-state index in [0.717, 1.165) is 31.9 Å². The monoisotopic (exact) mass is 306 g/mol. The minimum atomic E-state index is -0.283. The predicted molar refractivity (Wildman–Crippen MR) is 84.9 cm³/mol. The molecule has 22 heavy (non-hydrogen) atoms. The lowest BCUT2D eigenvalue weighted by Crippen LogP contribution is -2.55. The number of hydrogen-bond donors (Lipinski definition) is 1. The highest BCUT2D eigenvalue weighted by Crippen LogP contribution is 2.15. The Bertz CT molecular complexity index is 520. The van der Waals surface area contributed by atoms with Gasteiger partial charge in [0.05, 0.1) is 13.2 Å². The van der Waals surface area contributed by atoms with E-state index in [1.807, 2.05) is 0 Å². The average Bonchev–Trinajstić information content (AvgIpc) is 2.53. The standard InChI is InChI=1S/C17H23FN2O2/c1-17(2,20-9-11-22-12-10-20)13-19-16(21)8-5-14-3-6-15(18)7-4-14/h3-8H,9-13H2,1-2H3,(H,19,21). The summed E-state index contributed by atoms with van der Waals surface area (Å²) in [6.45, 7) is 8.04. The van der Waals surface area contributed by atoms with Gasteiger partial charge in [-0.2, -0.15) is 0 Å². The van der Waals surface area contributed by atoms with Crippen molar-refractivity contribution in [2.75, 3.05) is 32.8 Å². The molecule has 0 unspecified atom stereocenters. The van der Waals surface area contributed by atoms with Crippen molar-refractivity contribution in [3.63, 3.8) is 0 Å². The van der Waals surface area contributed by atoms with Gasteiger partial charge in [0.1, 0.15) is 5.82 Å². The highest BCUT2D eigenvalue weighted by Gasteiger charge is 2.28. The Labute approximate surface area is 131 Å². The molecule has 1 heterocycles. The van der Waals surface area contributed by atoms with Crippen LogP contribution in [0.1, 0.15) is 19.4 Å². The SMILES string of the molecule is CC(C)(CNC(=O)C=Cc1ccc(F)cc1)N1CCOCC1. The van der Waals surface area contributed by atoms with Gasteiger partial charge in [-0.25, -0.2) is 4.39 Å². The Kier molecular flexibility index (Phi) is 5.69. The van der Waals surface area contributed by atoms with E-state index in [9.17, 15) is 9.18 Å². The summed E-state index contributed by atoms with van der Waals surface area (Å²) in [6.07, 6.45) is 3.15. The molecule has 1 aliphatic rings. The number of carbonyl (C=O) groups is 1. The second-order valence-electron chi connectivity index (χ2n) is 6.01. The zero-order valence-corrected chi connectivity index (χ0v) is 13.1. The van der Waals surface area contributed by atoms with Crippen LogP contribution in [0.2, 0.25) is 0 Å². The second kappa shape index (κ2) is 7.51. The zero-order valence-electron chi connectivity index (χ0n) is 13.1. The van der Waals surface area contributed by atoms with E-state index in [2.05, 4.69) is 24.1 Å². The maximum Gasteiger partial charge on any atom is 0.244 e. The minimum Gasteiger partial charge on any atom is -0.379 e.